The fourth-order valence-corrected chi connectivity index (χ4v) is 4.50. The number of benzene rings is 1. The monoisotopic (exact) mass is 445 g/mol. The smallest absolute Gasteiger partial charge is 0.346 e. The second-order valence-electron chi connectivity index (χ2n) is 8.63. The summed E-state index contributed by atoms with van der Waals surface area (Å²) >= 11 is 0. The number of para-hydroxylation sites is 2. The molecule has 1 aliphatic rings. The average Bonchev–Trinajstić information content (AvgIpc) is 3.12. The molecule has 1 aromatic carbocycles. The molecule has 32 heavy (non-hydrogen) atoms. The molecule has 170 valence electrons. The number of nitrogens with zero attached hydrogens (tertiary/aromatic N) is 4. The van der Waals surface area contributed by atoms with Crippen molar-refractivity contribution in [3.8, 4) is 0 Å². The number of aryl methyl sites for hydroxylation is 2. The average molecular weight is 445 g/mol. The van der Waals surface area contributed by atoms with Crippen molar-refractivity contribution >= 4 is 16.9 Å². The van der Waals surface area contributed by atoms with Gasteiger partial charge in [0.1, 0.15) is 11.6 Å². The van der Waals surface area contributed by atoms with Gasteiger partial charge in [-0.2, -0.15) is 13.2 Å². The lowest BCUT2D eigenvalue weighted by Crippen LogP contribution is -2.37. The third-order valence-electron chi connectivity index (χ3n) is 5.91. The van der Waals surface area contributed by atoms with Gasteiger partial charge in [0, 0.05) is 23.2 Å². The summed E-state index contributed by atoms with van der Waals surface area (Å²) < 4.78 is 42.7. The maximum Gasteiger partial charge on any atom is 0.433 e. The molecular formula is C23H26F3N5O. The fraction of sp³-hybridized carbons (Fsp3) is 0.478. The van der Waals surface area contributed by atoms with Crippen molar-refractivity contribution in [1.82, 2.24) is 24.8 Å². The first-order valence-corrected chi connectivity index (χ1v) is 10.8. The second-order valence-corrected chi connectivity index (χ2v) is 8.63. The number of rotatable bonds is 4. The third kappa shape index (κ3) is 4.08. The molecular weight excluding hydrogens is 419 g/mol. The molecule has 0 fully saturated rings. The van der Waals surface area contributed by atoms with E-state index in [1.807, 2.05) is 45.0 Å². The molecule has 0 unspecified atom stereocenters. The van der Waals surface area contributed by atoms with Crippen LogP contribution in [0.1, 0.15) is 67.9 Å². The molecule has 9 heteroatoms. The van der Waals surface area contributed by atoms with Crippen LogP contribution in [0.25, 0.3) is 11.0 Å². The highest BCUT2D eigenvalue weighted by Crippen LogP contribution is 2.36. The highest BCUT2D eigenvalue weighted by atomic mass is 19.4. The molecule has 3 aromatic rings. The Morgan fingerprint density at radius 3 is 2.56 bits per heavy atom. The highest BCUT2D eigenvalue weighted by molar-refractivity contribution is 5.80. The molecule has 4 rings (SSSR count). The highest BCUT2D eigenvalue weighted by Gasteiger charge is 2.40. The van der Waals surface area contributed by atoms with Crippen molar-refractivity contribution in [1.29, 1.82) is 0 Å². The molecule has 0 saturated heterocycles. The number of amides is 1. The molecule has 0 spiro atoms. The Balaban J connectivity index is 1.58. The standard InChI is InChI=1S/C23H26F3N5O/c1-12(2)31-19-8-6-5-7-18(19)30-21(31)13(3)27-22(32)15-9-10-17-16(11-15)20(23(24,25)26)29-14(4)28-17/h5-8,12-13,15H,9-11H2,1-4H3,(H,27,32)/t13-,15+/m1/s1. The van der Waals surface area contributed by atoms with Crippen LogP contribution in [0.5, 0.6) is 0 Å². The molecule has 2 aromatic heterocycles. The van der Waals surface area contributed by atoms with Crippen molar-refractivity contribution in [2.24, 2.45) is 5.92 Å². The van der Waals surface area contributed by atoms with Gasteiger partial charge in [0.05, 0.1) is 17.1 Å². The van der Waals surface area contributed by atoms with Crippen molar-refractivity contribution < 1.29 is 18.0 Å². The number of fused-ring (bicyclic) bond motifs is 2. The first-order chi connectivity index (χ1) is 15.1. The minimum atomic E-state index is -4.58. The minimum absolute atomic E-state index is 0.0242. The number of carbonyl (C=O) groups is 1. The Bertz CT molecular complexity index is 1170. The molecule has 1 aliphatic carbocycles. The van der Waals surface area contributed by atoms with Gasteiger partial charge >= 0.3 is 6.18 Å². The van der Waals surface area contributed by atoms with Crippen LogP contribution >= 0.6 is 0 Å². The summed E-state index contributed by atoms with van der Waals surface area (Å²) in [6, 6.07) is 7.50. The van der Waals surface area contributed by atoms with Crippen LogP contribution in [-0.4, -0.2) is 25.4 Å². The van der Waals surface area contributed by atoms with Crippen LogP contribution < -0.4 is 5.32 Å². The van der Waals surface area contributed by atoms with Gasteiger partial charge < -0.3 is 9.88 Å². The van der Waals surface area contributed by atoms with E-state index in [2.05, 4.69) is 19.9 Å². The Kier molecular flexibility index (Phi) is 5.68. The summed E-state index contributed by atoms with van der Waals surface area (Å²) in [5.41, 5.74) is 1.33. The van der Waals surface area contributed by atoms with Crippen LogP contribution in [0.15, 0.2) is 24.3 Å². The number of nitrogens with one attached hydrogen (secondary N) is 1. The van der Waals surface area contributed by atoms with Crippen molar-refractivity contribution in [2.45, 2.75) is 65.2 Å². The Hall–Kier alpha value is -2.97. The first-order valence-electron chi connectivity index (χ1n) is 10.8. The van der Waals surface area contributed by atoms with Crippen LogP contribution in [0.3, 0.4) is 0 Å². The molecule has 2 heterocycles. The Labute approximate surface area is 184 Å². The van der Waals surface area contributed by atoms with E-state index >= 15 is 0 Å². The summed E-state index contributed by atoms with van der Waals surface area (Å²) in [6.45, 7) is 7.40. The van der Waals surface area contributed by atoms with E-state index in [9.17, 15) is 18.0 Å². The summed E-state index contributed by atoms with van der Waals surface area (Å²) in [5.74, 6) is -0.0330. The molecule has 1 amide bonds. The molecule has 0 aliphatic heterocycles. The normalized spacial score (nSPS) is 17.4. The lowest BCUT2D eigenvalue weighted by atomic mass is 9.84. The van der Waals surface area contributed by atoms with Crippen molar-refractivity contribution in [3.05, 3.63) is 52.9 Å². The van der Waals surface area contributed by atoms with Gasteiger partial charge in [-0.1, -0.05) is 12.1 Å². The molecule has 0 bridgehead atoms. The van der Waals surface area contributed by atoms with Crippen molar-refractivity contribution in [3.63, 3.8) is 0 Å². The SMILES string of the molecule is Cc1nc2c(c(C(F)(F)F)n1)C[C@@H](C(=O)N[C@H](C)c1nc3ccccc3n1C(C)C)CC2. The number of alkyl halides is 3. The first kappa shape index (κ1) is 22.2. The number of hydrogen-bond donors (Lipinski definition) is 1. The zero-order chi connectivity index (χ0) is 23.2. The second kappa shape index (κ2) is 8.18. The molecule has 0 radical (unpaired) electrons. The third-order valence-corrected chi connectivity index (χ3v) is 5.91. The van der Waals surface area contributed by atoms with E-state index in [1.54, 1.807) is 0 Å². The van der Waals surface area contributed by atoms with E-state index in [0.29, 0.717) is 18.5 Å². The minimum Gasteiger partial charge on any atom is -0.346 e. The van der Waals surface area contributed by atoms with Gasteiger partial charge in [-0.25, -0.2) is 15.0 Å². The lowest BCUT2D eigenvalue weighted by molar-refractivity contribution is -0.142. The summed E-state index contributed by atoms with van der Waals surface area (Å²) in [7, 11) is 0. The molecule has 1 N–H and O–H groups in total. The summed E-state index contributed by atoms with van der Waals surface area (Å²) in [4.78, 5) is 25.6. The van der Waals surface area contributed by atoms with E-state index in [4.69, 9.17) is 4.98 Å². The van der Waals surface area contributed by atoms with Crippen LogP contribution in [0.2, 0.25) is 0 Å². The van der Waals surface area contributed by atoms with Gasteiger partial charge in [0.15, 0.2) is 5.69 Å². The van der Waals surface area contributed by atoms with Gasteiger partial charge in [-0.05, 0) is 59.1 Å². The molecule has 2 atom stereocenters. The Morgan fingerprint density at radius 1 is 1.16 bits per heavy atom. The maximum atomic E-state index is 13.5. The fourth-order valence-electron chi connectivity index (χ4n) is 4.50. The number of halogens is 3. The largest absolute Gasteiger partial charge is 0.433 e. The van der Waals surface area contributed by atoms with Crippen LogP contribution in [0.4, 0.5) is 13.2 Å². The maximum absolute atomic E-state index is 13.5. The predicted octanol–water partition coefficient (Wildman–Crippen LogP) is 4.72. The van der Waals surface area contributed by atoms with E-state index < -0.39 is 23.8 Å². The van der Waals surface area contributed by atoms with E-state index in [1.165, 1.54) is 6.92 Å². The van der Waals surface area contributed by atoms with Gasteiger partial charge in [-0.15, -0.1) is 0 Å². The summed E-state index contributed by atoms with van der Waals surface area (Å²) in [5, 5.41) is 2.98. The zero-order valence-electron chi connectivity index (χ0n) is 18.5. The van der Waals surface area contributed by atoms with Crippen molar-refractivity contribution in [2.75, 3.05) is 0 Å². The van der Waals surface area contributed by atoms with Gasteiger partial charge in [0.2, 0.25) is 5.91 Å². The number of hydrogen-bond acceptors (Lipinski definition) is 4. The molecule has 6 nitrogen and oxygen atoms in total. The van der Waals surface area contributed by atoms with Gasteiger partial charge in [0.25, 0.3) is 0 Å². The van der Waals surface area contributed by atoms with E-state index in [0.717, 1.165) is 16.9 Å². The van der Waals surface area contributed by atoms with E-state index in [-0.39, 0.29) is 29.8 Å². The van der Waals surface area contributed by atoms with Gasteiger partial charge in [-0.3, -0.25) is 4.79 Å². The number of aromatic nitrogens is 4. The summed E-state index contributed by atoms with van der Waals surface area (Å²) in [6.07, 6.45) is -3.84. The quantitative estimate of drug-likeness (QED) is 0.631. The predicted molar refractivity (Wildman–Crippen MR) is 114 cm³/mol. The Morgan fingerprint density at radius 2 is 1.88 bits per heavy atom. The zero-order valence-corrected chi connectivity index (χ0v) is 18.5. The molecule has 0 saturated carbocycles. The topological polar surface area (TPSA) is 72.7 Å². The number of imidazole rings is 1. The van der Waals surface area contributed by atoms with Crippen LogP contribution in [-0.2, 0) is 23.8 Å². The lowest BCUT2D eigenvalue weighted by Gasteiger charge is -2.27. The number of carbonyl (C=O) groups excluding carboxylic acids is 1. The van der Waals surface area contributed by atoms with Crippen LogP contribution in [0, 0.1) is 12.8 Å².